The second-order valence-electron chi connectivity index (χ2n) is 3.69. The van der Waals surface area contributed by atoms with Crippen LogP contribution in [0.3, 0.4) is 0 Å². The van der Waals surface area contributed by atoms with Gasteiger partial charge in [-0.2, -0.15) is 0 Å². The van der Waals surface area contributed by atoms with Gasteiger partial charge in [0.2, 0.25) is 0 Å². The Morgan fingerprint density at radius 3 is 2.82 bits per heavy atom. The third kappa shape index (κ3) is 2.31. The molecule has 0 unspecified atom stereocenters. The molecular formula is C11H13N5S. The number of hydrogen-bond acceptors (Lipinski definition) is 4. The zero-order chi connectivity index (χ0) is 12.4. The van der Waals surface area contributed by atoms with Crippen molar-refractivity contribution in [3.05, 3.63) is 35.7 Å². The largest absolute Gasteiger partial charge is 0.384 e. The monoisotopic (exact) mass is 247 g/mol. The Labute approximate surface area is 104 Å². The van der Waals surface area contributed by atoms with Crippen LogP contribution in [0.15, 0.2) is 34.6 Å². The minimum atomic E-state index is 0.0679. The minimum Gasteiger partial charge on any atom is -0.384 e. The fraction of sp³-hybridized carbons (Fsp3) is 0.182. The van der Waals surface area contributed by atoms with Gasteiger partial charge < -0.3 is 10.3 Å². The Morgan fingerprint density at radius 2 is 2.24 bits per heavy atom. The van der Waals surface area contributed by atoms with E-state index in [-0.39, 0.29) is 5.84 Å². The Balaban J connectivity index is 2.45. The summed E-state index contributed by atoms with van der Waals surface area (Å²) < 4.78 is 1.83. The molecule has 1 aromatic heterocycles. The van der Waals surface area contributed by atoms with Crippen LogP contribution in [0.1, 0.15) is 11.1 Å². The molecule has 0 saturated carbocycles. The maximum absolute atomic E-state index is 7.58. The van der Waals surface area contributed by atoms with Gasteiger partial charge >= 0.3 is 0 Å². The second kappa shape index (κ2) is 4.58. The van der Waals surface area contributed by atoms with Gasteiger partial charge in [-0.3, -0.25) is 5.41 Å². The van der Waals surface area contributed by atoms with Gasteiger partial charge in [-0.05, 0) is 24.2 Å². The number of benzene rings is 1. The van der Waals surface area contributed by atoms with Gasteiger partial charge in [0.25, 0.3) is 0 Å². The van der Waals surface area contributed by atoms with E-state index in [1.807, 2.05) is 36.7 Å². The van der Waals surface area contributed by atoms with Crippen molar-refractivity contribution in [2.75, 3.05) is 0 Å². The summed E-state index contributed by atoms with van der Waals surface area (Å²) in [5.74, 6) is 0.0679. The van der Waals surface area contributed by atoms with E-state index in [2.05, 4.69) is 10.2 Å². The second-order valence-corrected chi connectivity index (χ2v) is 4.67. The highest BCUT2D eigenvalue weighted by Gasteiger charge is 2.12. The van der Waals surface area contributed by atoms with Gasteiger partial charge in [-0.25, -0.2) is 0 Å². The third-order valence-corrected chi connectivity index (χ3v) is 3.66. The Morgan fingerprint density at radius 1 is 1.47 bits per heavy atom. The topological polar surface area (TPSA) is 80.6 Å². The molecule has 1 heterocycles. The first-order valence-corrected chi connectivity index (χ1v) is 5.87. The SMILES string of the molecule is Cc1cccc(C(=N)N)c1Sc1nncn1C. The lowest BCUT2D eigenvalue weighted by molar-refractivity contribution is 0.788. The summed E-state index contributed by atoms with van der Waals surface area (Å²) in [6.45, 7) is 1.99. The highest BCUT2D eigenvalue weighted by atomic mass is 32.2. The minimum absolute atomic E-state index is 0.0679. The molecule has 17 heavy (non-hydrogen) atoms. The molecule has 5 nitrogen and oxygen atoms in total. The molecule has 2 rings (SSSR count). The van der Waals surface area contributed by atoms with Crippen LogP contribution >= 0.6 is 11.8 Å². The number of nitrogens with two attached hydrogens (primary N) is 1. The van der Waals surface area contributed by atoms with E-state index in [0.29, 0.717) is 0 Å². The van der Waals surface area contributed by atoms with Crippen molar-refractivity contribution in [3.8, 4) is 0 Å². The smallest absolute Gasteiger partial charge is 0.195 e. The van der Waals surface area contributed by atoms with Crippen LogP contribution in [0.4, 0.5) is 0 Å². The number of amidine groups is 1. The molecule has 6 heteroatoms. The van der Waals surface area contributed by atoms with Crippen molar-refractivity contribution in [2.24, 2.45) is 12.8 Å². The molecule has 0 fully saturated rings. The lowest BCUT2D eigenvalue weighted by Gasteiger charge is -2.10. The molecular weight excluding hydrogens is 234 g/mol. The average molecular weight is 247 g/mol. The Bertz CT molecular complexity index is 561. The molecule has 0 atom stereocenters. The van der Waals surface area contributed by atoms with Crippen LogP contribution in [-0.2, 0) is 7.05 Å². The van der Waals surface area contributed by atoms with Crippen LogP contribution in [0.25, 0.3) is 0 Å². The highest BCUT2D eigenvalue weighted by molar-refractivity contribution is 7.99. The van der Waals surface area contributed by atoms with E-state index in [4.69, 9.17) is 11.1 Å². The van der Waals surface area contributed by atoms with Crippen molar-refractivity contribution in [3.63, 3.8) is 0 Å². The zero-order valence-corrected chi connectivity index (χ0v) is 10.5. The molecule has 0 saturated heterocycles. The van der Waals surface area contributed by atoms with Gasteiger partial charge in [0, 0.05) is 17.5 Å². The lowest BCUT2D eigenvalue weighted by Crippen LogP contribution is -2.12. The predicted octanol–water partition coefficient (Wildman–Crippen LogP) is 1.56. The maximum Gasteiger partial charge on any atom is 0.195 e. The number of hydrogen-bond donors (Lipinski definition) is 2. The van der Waals surface area contributed by atoms with Gasteiger partial charge in [-0.15, -0.1) is 10.2 Å². The van der Waals surface area contributed by atoms with Crippen molar-refractivity contribution in [1.29, 1.82) is 5.41 Å². The first-order chi connectivity index (χ1) is 8.09. The summed E-state index contributed by atoms with van der Waals surface area (Å²) >= 11 is 1.47. The number of aryl methyl sites for hydroxylation is 2. The molecule has 3 N–H and O–H groups in total. The van der Waals surface area contributed by atoms with E-state index >= 15 is 0 Å². The first kappa shape index (κ1) is 11.7. The van der Waals surface area contributed by atoms with Gasteiger partial charge in [0.15, 0.2) is 5.16 Å². The fourth-order valence-corrected chi connectivity index (χ4v) is 2.43. The van der Waals surface area contributed by atoms with Crippen LogP contribution in [-0.4, -0.2) is 20.6 Å². The van der Waals surface area contributed by atoms with E-state index in [1.54, 1.807) is 6.33 Å². The quantitative estimate of drug-likeness (QED) is 0.637. The average Bonchev–Trinajstić information content (AvgIpc) is 2.67. The molecule has 0 spiro atoms. The number of nitrogens with one attached hydrogen (secondary N) is 1. The van der Waals surface area contributed by atoms with E-state index < -0.39 is 0 Å². The Kier molecular flexibility index (Phi) is 3.14. The molecule has 0 bridgehead atoms. The summed E-state index contributed by atoms with van der Waals surface area (Å²) in [6, 6.07) is 5.73. The van der Waals surface area contributed by atoms with E-state index in [9.17, 15) is 0 Å². The van der Waals surface area contributed by atoms with Crippen molar-refractivity contribution >= 4 is 17.6 Å². The van der Waals surface area contributed by atoms with E-state index in [0.717, 1.165) is 21.2 Å². The molecule has 0 aliphatic rings. The van der Waals surface area contributed by atoms with Crippen molar-refractivity contribution in [1.82, 2.24) is 14.8 Å². The molecule has 0 aliphatic heterocycles. The maximum atomic E-state index is 7.58. The third-order valence-electron chi connectivity index (χ3n) is 2.37. The number of rotatable bonds is 3. The highest BCUT2D eigenvalue weighted by Crippen LogP contribution is 2.31. The normalized spacial score (nSPS) is 10.5. The number of nitrogens with zero attached hydrogens (tertiary/aromatic N) is 3. The Hall–Kier alpha value is -1.82. The number of aromatic nitrogens is 3. The fourth-order valence-electron chi connectivity index (χ4n) is 1.46. The first-order valence-electron chi connectivity index (χ1n) is 5.05. The molecule has 0 amide bonds. The molecule has 0 radical (unpaired) electrons. The van der Waals surface area contributed by atoms with Gasteiger partial charge in [0.05, 0.1) is 0 Å². The molecule has 0 aliphatic carbocycles. The zero-order valence-electron chi connectivity index (χ0n) is 9.64. The van der Waals surface area contributed by atoms with Crippen LogP contribution in [0.5, 0.6) is 0 Å². The molecule has 2 aromatic rings. The van der Waals surface area contributed by atoms with E-state index in [1.165, 1.54) is 11.8 Å². The van der Waals surface area contributed by atoms with Crippen LogP contribution < -0.4 is 5.73 Å². The predicted molar refractivity (Wildman–Crippen MR) is 67.3 cm³/mol. The van der Waals surface area contributed by atoms with Gasteiger partial charge in [-0.1, -0.05) is 18.2 Å². The van der Waals surface area contributed by atoms with Crippen molar-refractivity contribution < 1.29 is 0 Å². The van der Waals surface area contributed by atoms with Crippen LogP contribution in [0.2, 0.25) is 0 Å². The standard InChI is InChI=1S/C11H13N5S/c1-7-4-3-5-8(10(12)13)9(7)17-11-15-14-6-16(11)2/h3-6H,1-2H3,(H3,12,13). The summed E-state index contributed by atoms with van der Waals surface area (Å²) in [5, 5.41) is 16.2. The summed E-state index contributed by atoms with van der Waals surface area (Å²) in [6.07, 6.45) is 1.65. The van der Waals surface area contributed by atoms with Crippen molar-refractivity contribution in [2.45, 2.75) is 17.0 Å². The summed E-state index contributed by atoms with van der Waals surface area (Å²) in [5.41, 5.74) is 7.39. The van der Waals surface area contributed by atoms with Crippen LogP contribution in [0, 0.1) is 12.3 Å². The molecule has 1 aromatic carbocycles. The molecule has 88 valence electrons. The van der Waals surface area contributed by atoms with Gasteiger partial charge in [0.1, 0.15) is 12.2 Å². The summed E-state index contributed by atoms with van der Waals surface area (Å²) in [4.78, 5) is 0.955. The lowest BCUT2D eigenvalue weighted by atomic mass is 10.1. The number of nitrogen functional groups attached to an aromatic ring is 1. The summed E-state index contributed by atoms with van der Waals surface area (Å²) in [7, 11) is 1.88.